The van der Waals surface area contributed by atoms with Gasteiger partial charge in [0.15, 0.2) is 0 Å². The van der Waals surface area contributed by atoms with Crippen molar-refractivity contribution in [2.24, 2.45) is 0 Å². The van der Waals surface area contributed by atoms with Crippen molar-refractivity contribution in [2.75, 3.05) is 20.1 Å². The van der Waals surface area contributed by atoms with Gasteiger partial charge in [0.2, 0.25) is 5.91 Å². The van der Waals surface area contributed by atoms with E-state index < -0.39 is 5.97 Å². The largest absolute Gasteiger partial charge is 0.550 e. The summed E-state index contributed by atoms with van der Waals surface area (Å²) in [7, 11) is 1.92. The average Bonchev–Trinajstić information content (AvgIpc) is 2.27. The molecule has 1 saturated heterocycles. The Labute approximate surface area is 96.8 Å². The van der Waals surface area contributed by atoms with Gasteiger partial charge in [-0.15, -0.1) is 0 Å². The molecule has 94 valence electrons. The van der Waals surface area contributed by atoms with Crippen LogP contribution in [0.1, 0.15) is 33.1 Å². The van der Waals surface area contributed by atoms with E-state index in [4.69, 9.17) is 9.90 Å². The third-order valence-corrected chi connectivity index (χ3v) is 2.55. The SMILES string of the molecule is CC(=O)[O-].CCC(=O)N(C)C1CCNCC1. The molecule has 5 nitrogen and oxygen atoms in total. The highest BCUT2D eigenvalue weighted by Gasteiger charge is 2.20. The molecule has 0 aliphatic carbocycles. The van der Waals surface area contributed by atoms with E-state index in [2.05, 4.69) is 5.32 Å². The molecule has 0 saturated carbocycles. The third-order valence-electron chi connectivity index (χ3n) is 2.55. The van der Waals surface area contributed by atoms with E-state index in [-0.39, 0.29) is 5.91 Å². The molecule has 0 aromatic heterocycles. The Bertz CT molecular complexity index is 221. The number of piperidine rings is 1. The van der Waals surface area contributed by atoms with Crippen LogP contribution in [0, 0.1) is 0 Å². The van der Waals surface area contributed by atoms with Gasteiger partial charge in [0.05, 0.1) is 0 Å². The predicted molar refractivity (Wildman–Crippen MR) is 59.6 cm³/mol. The van der Waals surface area contributed by atoms with Crippen LogP contribution in [0.3, 0.4) is 0 Å². The number of aliphatic carboxylic acids is 1. The lowest BCUT2D eigenvalue weighted by molar-refractivity contribution is -0.302. The van der Waals surface area contributed by atoms with Crippen LogP contribution in [0.4, 0.5) is 0 Å². The molecule has 0 aromatic rings. The molecule has 16 heavy (non-hydrogen) atoms. The van der Waals surface area contributed by atoms with Crippen molar-refractivity contribution in [3.05, 3.63) is 0 Å². The fourth-order valence-corrected chi connectivity index (χ4v) is 1.65. The molecule has 1 heterocycles. The monoisotopic (exact) mass is 229 g/mol. The van der Waals surface area contributed by atoms with Crippen molar-refractivity contribution in [1.82, 2.24) is 10.2 Å². The van der Waals surface area contributed by atoms with Crippen molar-refractivity contribution in [1.29, 1.82) is 0 Å². The standard InChI is InChI=1S/C9H18N2O.C2H4O2/c1-3-9(12)11(2)8-4-6-10-7-5-8;1-2(3)4/h8,10H,3-7H2,1-2H3;1H3,(H,3,4)/p-1. The number of nitrogens with one attached hydrogen (secondary N) is 1. The van der Waals surface area contributed by atoms with Crippen LogP contribution in [0.2, 0.25) is 0 Å². The first-order valence-corrected chi connectivity index (χ1v) is 5.63. The van der Waals surface area contributed by atoms with Crippen LogP contribution in [-0.4, -0.2) is 43.0 Å². The Morgan fingerprint density at radius 1 is 1.38 bits per heavy atom. The lowest BCUT2D eigenvalue weighted by Crippen LogP contribution is -2.43. The molecule has 0 aromatic carbocycles. The Kier molecular flexibility index (Phi) is 7.54. The van der Waals surface area contributed by atoms with E-state index in [1.54, 1.807) is 0 Å². The minimum Gasteiger partial charge on any atom is -0.550 e. The van der Waals surface area contributed by atoms with Crippen molar-refractivity contribution in [2.45, 2.75) is 39.2 Å². The lowest BCUT2D eigenvalue weighted by atomic mass is 10.1. The highest BCUT2D eigenvalue weighted by molar-refractivity contribution is 5.75. The van der Waals surface area contributed by atoms with Gasteiger partial charge in [0.25, 0.3) is 0 Å². The van der Waals surface area contributed by atoms with Crippen molar-refractivity contribution < 1.29 is 14.7 Å². The van der Waals surface area contributed by atoms with E-state index >= 15 is 0 Å². The maximum atomic E-state index is 11.3. The summed E-state index contributed by atoms with van der Waals surface area (Å²) in [4.78, 5) is 22.1. The predicted octanol–water partition coefficient (Wildman–Crippen LogP) is -0.637. The first kappa shape index (κ1) is 14.9. The van der Waals surface area contributed by atoms with Crippen molar-refractivity contribution in [3.8, 4) is 0 Å². The van der Waals surface area contributed by atoms with Crippen LogP contribution in [0.25, 0.3) is 0 Å². The number of hydrogen-bond acceptors (Lipinski definition) is 4. The minimum absolute atomic E-state index is 0.266. The van der Waals surface area contributed by atoms with Crippen molar-refractivity contribution >= 4 is 11.9 Å². The zero-order valence-corrected chi connectivity index (χ0v) is 10.3. The summed E-state index contributed by atoms with van der Waals surface area (Å²) >= 11 is 0. The van der Waals surface area contributed by atoms with E-state index in [0.29, 0.717) is 12.5 Å². The zero-order valence-electron chi connectivity index (χ0n) is 10.3. The van der Waals surface area contributed by atoms with E-state index in [0.717, 1.165) is 32.9 Å². The smallest absolute Gasteiger partial charge is 0.222 e. The molecule has 1 amide bonds. The summed E-state index contributed by atoms with van der Waals surface area (Å²) in [5, 5.41) is 12.2. The highest BCUT2D eigenvalue weighted by Crippen LogP contribution is 2.10. The zero-order chi connectivity index (χ0) is 12.6. The maximum Gasteiger partial charge on any atom is 0.222 e. The second kappa shape index (κ2) is 8.10. The molecule has 5 heteroatoms. The molecule has 1 fully saturated rings. The van der Waals surface area contributed by atoms with Gasteiger partial charge in [-0.1, -0.05) is 6.92 Å². The lowest BCUT2D eigenvalue weighted by Gasteiger charge is -2.31. The topological polar surface area (TPSA) is 72.5 Å². The minimum atomic E-state index is -1.08. The quantitative estimate of drug-likeness (QED) is 0.684. The number of rotatable bonds is 2. The van der Waals surface area contributed by atoms with E-state index in [1.807, 2.05) is 18.9 Å². The summed E-state index contributed by atoms with van der Waals surface area (Å²) in [6.45, 7) is 4.98. The molecule has 0 radical (unpaired) electrons. The fraction of sp³-hybridized carbons (Fsp3) is 0.818. The fourth-order valence-electron chi connectivity index (χ4n) is 1.65. The molecular formula is C11H21N2O3-. The number of carbonyl (C=O) groups excluding carboxylic acids is 2. The average molecular weight is 229 g/mol. The van der Waals surface area contributed by atoms with Gasteiger partial charge in [-0.3, -0.25) is 4.79 Å². The first-order chi connectivity index (χ1) is 7.49. The van der Waals surface area contributed by atoms with Crippen molar-refractivity contribution in [3.63, 3.8) is 0 Å². The number of carbonyl (C=O) groups is 2. The Morgan fingerprint density at radius 3 is 2.19 bits per heavy atom. The summed E-state index contributed by atoms with van der Waals surface area (Å²) in [6, 6.07) is 0.471. The third kappa shape index (κ3) is 6.40. The Morgan fingerprint density at radius 2 is 1.81 bits per heavy atom. The number of carboxylic acid groups (broad SMARTS) is 1. The number of carboxylic acids is 1. The van der Waals surface area contributed by atoms with E-state index in [1.165, 1.54) is 0 Å². The number of hydrogen-bond donors (Lipinski definition) is 1. The molecule has 0 bridgehead atoms. The highest BCUT2D eigenvalue weighted by atomic mass is 16.4. The van der Waals surface area contributed by atoms with Gasteiger partial charge in [0, 0.05) is 25.5 Å². The first-order valence-electron chi connectivity index (χ1n) is 5.63. The van der Waals surface area contributed by atoms with Gasteiger partial charge in [0.1, 0.15) is 0 Å². The van der Waals surface area contributed by atoms with Gasteiger partial charge in [-0.25, -0.2) is 0 Å². The summed E-state index contributed by atoms with van der Waals surface area (Å²) in [6.07, 6.45) is 2.82. The molecule has 1 aliphatic rings. The van der Waals surface area contributed by atoms with Gasteiger partial charge in [-0.2, -0.15) is 0 Å². The van der Waals surface area contributed by atoms with Crippen LogP contribution in [0.5, 0.6) is 0 Å². The van der Waals surface area contributed by atoms with Gasteiger partial charge >= 0.3 is 0 Å². The summed E-state index contributed by atoms with van der Waals surface area (Å²) in [5.41, 5.74) is 0. The van der Waals surface area contributed by atoms with Crippen LogP contribution in [0.15, 0.2) is 0 Å². The molecule has 0 unspecified atom stereocenters. The summed E-state index contributed by atoms with van der Waals surface area (Å²) < 4.78 is 0. The van der Waals surface area contributed by atoms with Crippen LogP contribution in [-0.2, 0) is 9.59 Å². The molecule has 1 N–H and O–H groups in total. The Hall–Kier alpha value is -1.10. The van der Waals surface area contributed by atoms with Gasteiger partial charge < -0.3 is 20.1 Å². The van der Waals surface area contributed by atoms with Crippen LogP contribution < -0.4 is 10.4 Å². The van der Waals surface area contributed by atoms with Gasteiger partial charge in [-0.05, 0) is 32.9 Å². The normalized spacial score (nSPS) is 15.9. The molecular weight excluding hydrogens is 208 g/mol. The maximum absolute atomic E-state index is 11.3. The van der Waals surface area contributed by atoms with E-state index in [9.17, 15) is 4.79 Å². The summed E-state index contributed by atoms with van der Waals surface area (Å²) in [5.74, 6) is -0.818. The molecule has 1 aliphatic heterocycles. The molecule has 1 rings (SSSR count). The second-order valence-electron chi connectivity index (χ2n) is 3.83. The molecule has 0 spiro atoms. The Balaban J connectivity index is 0.000000487. The number of nitrogens with zero attached hydrogens (tertiary/aromatic N) is 1. The second-order valence-corrected chi connectivity index (χ2v) is 3.83. The van der Waals surface area contributed by atoms with Crippen LogP contribution >= 0.6 is 0 Å². The molecule has 0 atom stereocenters. The number of amides is 1.